The number of phosphoric acid groups is 2. The van der Waals surface area contributed by atoms with Crippen LogP contribution in [0.1, 0.15) is 447 Å². The Bertz CT molecular complexity index is 2010. The van der Waals surface area contributed by atoms with Crippen LogP contribution >= 0.6 is 15.6 Å². The molecular formula is C85H166O17P2. The van der Waals surface area contributed by atoms with Crippen molar-refractivity contribution in [1.29, 1.82) is 0 Å². The van der Waals surface area contributed by atoms with Crippen molar-refractivity contribution in [2.75, 3.05) is 39.6 Å². The number of unbranched alkanes of at least 4 members (excludes halogenated alkanes) is 50. The summed E-state index contributed by atoms with van der Waals surface area (Å²) in [6, 6.07) is 0. The Hall–Kier alpha value is -1.94. The van der Waals surface area contributed by atoms with Gasteiger partial charge in [-0.05, 0) is 43.4 Å². The molecule has 0 aliphatic heterocycles. The third kappa shape index (κ3) is 76.8. The van der Waals surface area contributed by atoms with Crippen LogP contribution in [0.2, 0.25) is 0 Å². The fourth-order valence-electron chi connectivity index (χ4n) is 13.2. The van der Waals surface area contributed by atoms with Crippen molar-refractivity contribution >= 4 is 39.5 Å². The number of aliphatic hydroxyl groups is 1. The molecule has 104 heavy (non-hydrogen) atoms. The lowest BCUT2D eigenvalue weighted by atomic mass is 9.99. The molecule has 6 atom stereocenters. The Labute approximate surface area is 638 Å². The molecule has 17 nitrogen and oxygen atoms in total. The van der Waals surface area contributed by atoms with Gasteiger partial charge in [0.15, 0.2) is 12.2 Å². The fraction of sp³-hybridized carbons (Fsp3) is 0.953. The standard InChI is InChI=1S/C85H166O17P2/c1-8-10-11-12-42-52-59-66-82(87)95-72-80(101-84(89)68-62-55-48-41-35-29-23-22-25-31-37-44-50-57-64-77(5)6)74-99-103(91,92)97-70-79(86)71-98-104(93,94)100-75-81(73-96-83(88)67-60-53-46-39-33-27-21-17-18-24-30-36-43-49-56-63-76(3)4)102-85(90)69-61-54-47-40-34-28-20-16-14-13-15-19-26-32-38-45-51-58-65-78(7)9-2/h76-81,86H,8-75H2,1-7H3,(H,91,92)(H,93,94)/t78?,79-,80+,81+/m0/s1. The smallest absolute Gasteiger partial charge is 0.462 e. The lowest BCUT2D eigenvalue weighted by Gasteiger charge is -2.21. The summed E-state index contributed by atoms with van der Waals surface area (Å²) in [5.74, 6) is 0.362. The summed E-state index contributed by atoms with van der Waals surface area (Å²) in [5, 5.41) is 10.6. The number of phosphoric ester groups is 2. The van der Waals surface area contributed by atoms with Gasteiger partial charge < -0.3 is 33.8 Å². The number of aliphatic hydroxyl groups excluding tert-OH is 1. The zero-order valence-electron chi connectivity index (χ0n) is 68.5. The molecule has 0 radical (unpaired) electrons. The Morgan fingerprint density at radius 3 is 0.731 bits per heavy atom. The predicted octanol–water partition coefficient (Wildman–Crippen LogP) is 25.7. The molecule has 618 valence electrons. The first-order valence-electron chi connectivity index (χ1n) is 43.9. The topological polar surface area (TPSA) is 237 Å². The van der Waals surface area contributed by atoms with Gasteiger partial charge in [-0.3, -0.25) is 37.3 Å². The molecule has 0 rings (SSSR count). The summed E-state index contributed by atoms with van der Waals surface area (Å²) in [6.45, 7) is 12.0. The number of carbonyl (C=O) groups excluding carboxylic acids is 4. The molecular weight excluding hydrogens is 1350 g/mol. The molecule has 0 aromatic carbocycles. The molecule has 0 amide bonds. The zero-order chi connectivity index (χ0) is 76.5. The maximum absolute atomic E-state index is 13.1. The van der Waals surface area contributed by atoms with E-state index in [1.165, 1.54) is 244 Å². The molecule has 0 aromatic heterocycles. The first-order chi connectivity index (χ1) is 50.3. The van der Waals surface area contributed by atoms with Gasteiger partial charge in [0, 0.05) is 25.7 Å². The van der Waals surface area contributed by atoms with E-state index in [1.54, 1.807) is 0 Å². The van der Waals surface area contributed by atoms with E-state index in [2.05, 4.69) is 48.5 Å². The Balaban J connectivity index is 5.17. The van der Waals surface area contributed by atoms with Crippen LogP contribution in [0, 0.1) is 17.8 Å². The number of rotatable bonds is 83. The van der Waals surface area contributed by atoms with E-state index < -0.39 is 97.5 Å². The molecule has 0 bridgehead atoms. The molecule has 0 aliphatic carbocycles. The number of esters is 4. The molecule has 3 unspecified atom stereocenters. The van der Waals surface area contributed by atoms with Crippen LogP contribution in [-0.2, 0) is 65.4 Å². The zero-order valence-corrected chi connectivity index (χ0v) is 70.3. The fourth-order valence-corrected chi connectivity index (χ4v) is 14.7. The van der Waals surface area contributed by atoms with E-state index in [1.807, 2.05) is 0 Å². The Kier molecular flexibility index (Phi) is 73.7. The molecule has 0 saturated heterocycles. The van der Waals surface area contributed by atoms with Crippen molar-refractivity contribution in [3.8, 4) is 0 Å². The molecule has 0 saturated carbocycles. The van der Waals surface area contributed by atoms with Gasteiger partial charge in [0.2, 0.25) is 0 Å². The van der Waals surface area contributed by atoms with Gasteiger partial charge in [-0.2, -0.15) is 0 Å². The van der Waals surface area contributed by atoms with Gasteiger partial charge >= 0.3 is 39.5 Å². The third-order valence-electron chi connectivity index (χ3n) is 20.2. The second-order valence-corrected chi connectivity index (χ2v) is 34.7. The van der Waals surface area contributed by atoms with Crippen molar-refractivity contribution in [2.24, 2.45) is 17.8 Å². The maximum atomic E-state index is 13.1. The summed E-state index contributed by atoms with van der Waals surface area (Å²) >= 11 is 0. The number of carbonyl (C=O) groups is 4. The van der Waals surface area contributed by atoms with E-state index in [4.69, 9.17) is 37.0 Å². The first-order valence-corrected chi connectivity index (χ1v) is 46.9. The first kappa shape index (κ1) is 102. The van der Waals surface area contributed by atoms with Crippen molar-refractivity contribution in [3.05, 3.63) is 0 Å². The lowest BCUT2D eigenvalue weighted by molar-refractivity contribution is -0.161. The summed E-state index contributed by atoms with van der Waals surface area (Å²) in [4.78, 5) is 73.0. The molecule has 0 fully saturated rings. The maximum Gasteiger partial charge on any atom is 0.472 e. The van der Waals surface area contributed by atoms with Gasteiger partial charge in [-0.25, -0.2) is 9.13 Å². The van der Waals surface area contributed by atoms with Crippen molar-refractivity contribution in [1.82, 2.24) is 0 Å². The highest BCUT2D eigenvalue weighted by Gasteiger charge is 2.30. The number of hydrogen-bond acceptors (Lipinski definition) is 15. The average molecular weight is 1520 g/mol. The van der Waals surface area contributed by atoms with Crippen LogP contribution in [0.15, 0.2) is 0 Å². The molecule has 0 heterocycles. The van der Waals surface area contributed by atoms with E-state index in [0.29, 0.717) is 25.7 Å². The average Bonchev–Trinajstić information content (AvgIpc) is 0.951. The van der Waals surface area contributed by atoms with Crippen molar-refractivity contribution < 1.29 is 80.2 Å². The summed E-state index contributed by atoms with van der Waals surface area (Å²) in [5.41, 5.74) is 0. The number of ether oxygens (including phenoxy) is 4. The highest BCUT2D eigenvalue weighted by Crippen LogP contribution is 2.45. The van der Waals surface area contributed by atoms with E-state index >= 15 is 0 Å². The normalized spacial score (nSPS) is 14.2. The predicted molar refractivity (Wildman–Crippen MR) is 428 cm³/mol. The highest BCUT2D eigenvalue weighted by atomic mass is 31.2. The Morgan fingerprint density at radius 1 is 0.279 bits per heavy atom. The van der Waals surface area contributed by atoms with Gasteiger partial charge in [0.1, 0.15) is 19.3 Å². The van der Waals surface area contributed by atoms with Gasteiger partial charge in [-0.1, -0.05) is 395 Å². The van der Waals surface area contributed by atoms with Gasteiger partial charge in [0.25, 0.3) is 0 Å². The van der Waals surface area contributed by atoms with Crippen LogP contribution in [0.5, 0.6) is 0 Å². The van der Waals surface area contributed by atoms with Gasteiger partial charge in [0.05, 0.1) is 26.4 Å². The van der Waals surface area contributed by atoms with Gasteiger partial charge in [-0.15, -0.1) is 0 Å². The van der Waals surface area contributed by atoms with Crippen molar-refractivity contribution in [2.45, 2.75) is 465 Å². The van der Waals surface area contributed by atoms with Crippen LogP contribution in [-0.4, -0.2) is 96.7 Å². The van der Waals surface area contributed by atoms with Crippen molar-refractivity contribution in [3.63, 3.8) is 0 Å². The second kappa shape index (κ2) is 75.1. The molecule has 0 aromatic rings. The van der Waals surface area contributed by atoms with Crippen LogP contribution in [0.4, 0.5) is 0 Å². The lowest BCUT2D eigenvalue weighted by Crippen LogP contribution is -2.30. The van der Waals surface area contributed by atoms with E-state index in [0.717, 1.165) is 120 Å². The van der Waals surface area contributed by atoms with Crippen LogP contribution < -0.4 is 0 Å². The quantitative estimate of drug-likeness (QED) is 0.0222. The monoisotopic (exact) mass is 1520 g/mol. The summed E-state index contributed by atoms with van der Waals surface area (Å²) < 4.78 is 68.7. The molecule has 0 aliphatic rings. The summed E-state index contributed by atoms with van der Waals surface area (Å²) in [7, 11) is -9.92. The Morgan fingerprint density at radius 2 is 0.490 bits per heavy atom. The van der Waals surface area contributed by atoms with E-state index in [9.17, 15) is 43.2 Å². The minimum atomic E-state index is -4.96. The molecule has 0 spiro atoms. The van der Waals surface area contributed by atoms with Crippen LogP contribution in [0.3, 0.4) is 0 Å². The third-order valence-corrected chi connectivity index (χ3v) is 22.1. The van der Waals surface area contributed by atoms with E-state index in [-0.39, 0.29) is 25.7 Å². The molecule has 3 N–H and O–H groups in total. The largest absolute Gasteiger partial charge is 0.472 e. The second-order valence-electron chi connectivity index (χ2n) is 31.8. The minimum Gasteiger partial charge on any atom is -0.462 e. The van der Waals surface area contributed by atoms with Crippen LogP contribution in [0.25, 0.3) is 0 Å². The minimum absolute atomic E-state index is 0.107. The summed E-state index contributed by atoms with van der Waals surface area (Å²) in [6.07, 6.45) is 65.4. The molecule has 19 heteroatoms. The number of hydrogen-bond donors (Lipinski definition) is 3. The SMILES string of the molecule is CCCCCCCCCC(=O)OC[C@H](COP(=O)(O)OC[C@H](O)COP(=O)(O)OC[C@@H](COC(=O)CCCCCCCCCCCCCCCCCC(C)C)OC(=O)CCCCCCCCCCCCCCCCCCCCC(C)CC)OC(=O)CCCCCCCCCCCCCCCCC(C)C. The highest BCUT2D eigenvalue weighted by molar-refractivity contribution is 7.47.